The van der Waals surface area contributed by atoms with Gasteiger partial charge < -0.3 is 9.47 Å². The van der Waals surface area contributed by atoms with E-state index in [1.165, 1.54) is 29.2 Å². The minimum atomic E-state index is -0.460. The zero-order valence-corrected chi connectivity index (χ0v) is 21.8. The van der Waals surface area contributed by atoms with Gasteiger partial charge in [0.25, 0.3) is 5.69 Å². The molecule has 0 spiro atoms. The van der Waals surface area contributed by atoms with E-state index in [0.717, 1.165) is 21.4 Å². The Morgan fingerprint density at radius 1 is 1.11 bits per heavy atom. The average molecular weight is 565 g/mol. The molecule has 8 nitrogen and oxygen atoms in total. The molecule has 5 rings (SSSR count). The number of rotatable bonds is 6. The first-order valence-corrected chi connectivity index (χ1v) is 12.8. The van der Waals surface area contributed by atoms with Crippen LogP contribution in [-0.4, -0.2) is 22.6 Å². The number of hydrogen-bond donors (Lipinski definition) is 0. The van der Waals surface area contributed by atoms with Crippen molar-refractivity contribution < 1.29 is 14.4 Å². The number of nitrogens with zero attached hydrogens (tertiary/aromatic N) is 4. The van der Waals surface area contributed by atoms with Crippen LogP contribution >= 0.6 is 27.3 Å². The van der Waals surface area contributed by atoms with Gasteiger partial charge in [-0.2, -0.15) is 5.10 Å². The van der Waals surface area contributed by atoms with Crippen LogP contribution in [0.3, 0.4) is 0 Å². The summed E-state index contributed by atoms with van der Waals surface area (Å²) in [4.78, 5) is 16.7. The van der Waals surface area contributed by atoms with Crippen molar-refractivity contribution in [2.24, 2.45) is 10.1 Å². The molecule has 0 radical (unpaired) electrons. The molecule has 0 atom stereocenters. The van der Waals surface area contributed by atoms with E-state index >= 15 is 0 Å². The number of nitro benzene ring substituents is 1. The monoisotopic (exact) mass is 564 g/mol. The predicted octanol–water partition coefficient (Wildman–Crippen LogP) is 6.85. The molecule has 1 aromatic heterocycles. The van der Waals surface area contributed by atoms with Crippen LogP contribution in [0.5, 0.6) is 11.5 Å². The molecule has 4 aromatic rings. The highest BCUT2D eigenvalue weighted by molar-refractivity contribution is 9.10. The van der Waals surface area contributed by atoms with Gasteiger partial charge >= 0.3 is 0 Å². The lowest BCUT2D eigenvalue weighted by atomic mass is 10.0. The first-order valence-electron chi connectivity index (χ1n) is 11.1. The molecular formula is C26H21BrN4O4S. The first kappa shape index (κ1) is 24.0. The zero-order chi connectivity index (χ0) is 25.2. The van der Waals surface area contributed by atoms with Crippen molar-refractivity contribution in [1.82, 2.24) is 4.68 Å². The van der Waals surface area contributed by atoms with Crippen LogP contribution in [0.25, 0.3) is 11.3 Å². The molecule has 0 saturated heterocycles. The van der Waals surface area contributed by atoms with Gasteiger partial charge in [0.15, 0.2) is 11.5 Å². The minimum absolute atomic E-state index is 0.0258. The van der Waals surface area contributed by atoms with Crippen molar-refractivity contribution in [3.8, 4) is 22.8 Å². The highest BCUT2D eigenvalue weighted by atomic mass is 79.9. The van der Waals surface area contributed by atoms with Crippen molar-refractivity contribution in [2.75, 3.05) is 6.79 Å². The zero-order valence-electron chi connectivity index (χ0n) is 19.4. The Bertz CT molecular complexity index is 1540. The summed E-state index contributed by atoms with van der Waals surface area (Å²) in [7, 11) is 0. The normalized spacial score (nSPS) is 13.2. The van der Waals surface area contributed by atoms with Crippen molar-refractivity contribution >= 4 is 44.9 Å². The number of benzene rings is 3. The van der Waals surface area contributed by atoms with Crippen LogP contribution in [0.4, 0.5) is 11.4 Å². The van der Waals surface area contributed by atoms with E-state index in [-0.39, 0.29) is 12.5 Å². The molecule has 1 aliphatic heterocycles. The maximum absolute atomic E-state index is 11.7. The molecule has 0 amide bonds. The van der Waals surface area contributed by atoms with Crippen molar-refractivity contribution in [3.05, 3.63) is 96.6 Å². The lowest BCUT2D eigenvalue weighted by molar-refractivity contribution is -0.385. The van der Waals surface area contributed by atoms with Crippen LogP contribution in [-0.2, 0) is 0 Å². The van der Waals surface area contributed by atoms with E-state index < -0.39 is 4.92 Å². The maximum atomic E-state index is 11.7. The third-order valence-corrected chi connectivity index (χ3v) is 6.93. The third kappa shape index (κ3) is 4.95. The van der Waals surface area contributed by atoms with Gasteiger partial charge in [-0.3, -0.25) is 10.1 Å². The second kappa shape index (κ2) is 10.1. The van der Waals surface area contributed by atoms with Gasteiger partial charge in [-0.25, -0.2) is 9.67 Å². The fourth-order valence-corrected chi connectivity index (χ4v) is 4.96. The summed E-state index contributed by atoms with van der Waals surface area (Å²) in [5, 5.41) is 18.3. The van der Waals surface area contributed by atoms with E-state index in [9.17, 15) is 10.1 Å². The Kier molecular flexibility index (Phi) is 6.71. The lowest BCUT2D eigenvalue weighted by Crippen LogP contribution is -2.11. The fraction of sp³-hybridized carbons (Fsp3) is 0.154. The Hall–Kier alpha value is -3.76. The molecular weight excluding hydrogens is 544 g/mol. The average Bonchev–Trinajstić information content (AvgIpc) is 3.48. The van der Waals surface area contributed by atoms with E-state index in [1.54, 1.807) is 10.7 Å². The molecule has 10 heteroatoms. The molecule has 0 unspecified atom stereocenters. The van der Waals surface area contributed by atoms with Gasteiger partial charge in [0.2, 0.25) is 11.6 Å². The molecule has 36 heavy (non-hydrogen) atoms. The summed E-state index contributed by atoms with van der Waals surface area (Å²) < 4.78 is 13.3. The van der Waals surface area contributed by atoms with E-state index in [4.69, 9.17) is 14.5 Å². The van der Waals surface area contributed by atoms with Crippen LogP contribution < -0.4 is 14.3 Å². The van der Waals surface area contributed by atoms with Crippen LogP contribution in [0, 0.1) is 10.1 Å². The standard InChI is InChI=1S/C26H21BrN4O4S/c1-16(2)17-6-8-21(9-7-17)29-26-30(23(14-36-26)18-4-3-5-20(27)10-18)28-13-19-11-24-25(35-15-34-24)12-22(19)31(32)33/h3-14,16H,15H2,1-2H3. The van der Waals surface area contributed by atoms with Gasteiger partial charge in [0.1, 0.15) is 0 Å². The van der Waals surface area contributed by atoms with Crippen molar-refractivity contribution in [2.45, 2.75) is 19.8 Å². The number of ether oxygens (including phenoxy) is 2. The largest absolute Gasteiger partial charge is 0.454 e. The molecule has 0 fully saturated rings. The van der Waals surface area contributed by atoms with E-state index in [1.807, 2.05) is 41.8 Å². The highest BCUT2D eigenvalue weighted by Gasteiger charge is 2.22. The SMILES string of the molecule is CC(C)c1ccc(N=c2scc(-c3cccc(Br)c3)n2N=Cc2cc3c(cc2[N+](=O)[O-])OCO3)cc1. The second-order valence-electron chi connectivity index (χ2n) is 8.35. The van der Waals surface area contributed by atoms with Crippen LogP contribution in [0.2, 0.25) is 0 Å². The molecule has 0 N–H and O–H groups in total. The summed E-state index contributed by atoms with van der Waals surface area (Å²) in [6, 6.07) is 18.9. The Balaban J connectivity index is 1.63. The molecule has 1 aliphatic rings. The molecule has 0 saturated carbocycles. The van der Waals surface area contributed by atoms with Crippen molar-refractivity contribution in [1.29, 1.82) is 0 Å². The van der Waals surface area contributed by atoms with Gasteiger partial charge in [0, 0.05) is 15.4 Å². The van der Waals surface area contributed by atoms with Gasteiger partial charge in [-0.15, -0.1) is 11.3 Å². The van der Waals surface area contributed by atoms with Crippen LogP contribution in [0.1, 0.15) is 30.9 Å². The summed E-state index contributed by atoms with van der Waals surface area (Å²) >= 11 is 4.96. The summed E-state index contributed by atoms with van der Waals surface area (Å²) in [5.41, 5.74) is 3.94. The topological polar surface area (TPSA) is 91.2 Å². The highest BCUT2D eigenvalue weighted by Crippen LogP contribution is 2.37. The third-order valence-electron chi connectivity index (χ3n) is 5.62. The summed E-state index contributed by atoms with van der Waals surface area (Å²) in [6.07, 6.45) is 1.45. The number of halogens is 1. The van der Waals surface area contributed by atoms with Gasteiger partial charge in [0.05, 0.1) is 34.1 Å². The molecule has 3 aromatic carbocycles. The minimum Gasteiger partial charge on any atom is -0.454 e. The molecule has 182 valence electrons. The molecule has 2 heterocycles. The maximum Gasteiger partial charge on any atom is 0.282 e. The number of aromatic nitrogens is 1. The quantitative estimate of drug-likeness (QED) is 0.145. The fourth-order valence-electron chi connectivity index (χ4n) is 3.71. The van der Waals surface area contributed by atoms with Crippen LogP contribution in [0.15, 0.2) is 80.6 Å². The van der Waals surface area contributed by atoms with E-state index in [2.05, 4.69) is 47.0 Å². The number of nitro groups is 1. The molecule has 0 bridgehead atoms. The lowest BCUT2D eigenvalue weighted by Gasteiger charge is -2.06. The Morgan fingerprint density at radius 2 is 1.86 bits per heavy atom. The Morgan fingerprint density at radius 3 is 2.56 bits per heavy atom. The number of thiazole rings is 1. The summed E-state index contributed by atoms with van der Waals surface area (Å²) in [6.45, 7) is 4.32. The predicted molar refractivity (Wildman–Crippen MR) is 143 cm³/mol. The number of fused-ring (bicyclic) bond motifs is 1. The smallest absolute Gasteiger partial charge is 0.282 e. The van der Waals surface area contributed by atoms with Gasteiger partial charge in [-0.1, -0.05) is 54.0 Å². The Labute approximate surface area is 219 Å². The summed E-state index contributed by atoms with van der Waals surface area (Å²) in [5.74, 6) is 1.22. The van der Waals surface area contributed by atoms with Crippen molar-refractivity contribution in [3.63, 3.8) is 0 Å². The first-order chi connectivity index (χ1) is 17.4. The molecule has 0 aliphatic carbocycles. The van der Waals surface area contributed by atoms with Gasteiger partial charge in [-0.05, 0) is 41.8 Å². The number of hydrogen-bond acceptors (Lipinski definition) is 7. The second-order valence-corrected chi connectivity index (χ2v) is 10.1. The van der Waals surface area contributed by atoms with E-state index in [0.29, 0.717) is 27.8 Å².